The Kier molecular flexibility index (Phi) is 8.67. The summed E-state index contributed by atoms with van der Waals surface area (Å²) < 4.78 is 33.2. The zero-order valence-electron chi connectivity index (χ0n) is 23.6. The molecule has 2 saturated carbocycles. The number of Topliss-reactive ketones (excluding diaryl/α,β-unsaturated/α-hetero) is 1. The molecule has 3 unspecified atom stereocenters. The van der Waals surface area contributed by atoms with E-state index in [0.29, 0.717) is 6.42 Å². The van der Waals surface area contributed by atoms with E-state index >= 15 is 0 Å². The third-order valence-corrected chi connectivity index (χ3v) is 8.38. The van der Waals surface area contributed by atoms with Crippen molar-refractivity contribution in [3.63, 3.8) is 0 Å². The minimum atomic E-state index is -2.83. The number of ether oxygens (including phenoxy) is 1. The van der Waals surface area contributed by atoms with Gasteiger partial charge in [-0.2, -0.15) is 0 Å². The lowest BCUT2D eigenvalue weighted by molar-refractivity contribution is -0.145. The fourth-order valence-electron chi connectivity index (χ4n) is 6.19. The quantitative estimate of drug-likeness (QED) is 0.372. The normalized spacial score (nSPS) is 27.1. The first kappa shape index (κ1) is 30.7. The summed E-state index contributed by atoms with van der Waals surface area (Å²) in [5.74, 6) is -6.81. The van der Waals surface area contributed by atoms with Gasteiger partial charge in [0.15, 0.2) is 0 Å². The highest BCUT2D eigenvalue weighted by Gasteiger charge is 2.69. The summed E-state index contributed by atoms with van der Waals surface area (Å²) >= 11 is 0. The molecule has 0 aromatic heterocycles. The Morgan fingerprint density at radius 2 is 1.67 bits per heavy atom. The topological polar surface area (TPSA) is 148 Å². The number of hydrogen-bond acceptors (Lipinski definition) is 6. The number of alkyl carbamates (subject to hydrolysis) is 1. The molecule has 0 aromatic rings. The van der Waals surface area contributed by atoms with Crippen LogP contribution in [0, 0.1) is 23.2 Å². The van der Waals surface area contributed by atoms with E-state index in [2.05, 4.69) is 10.6 Å². The second kappa shape index (κ2) is 11.0. The Morgan fingerprint density at radius 1 is 1.08 bits per heavy atom. The molecular weight excluding hydrogens is 514 g/mol. The number of carbonyl (C=O) groups is 5. The van der Waals surface area contributed by atoms with Crippen LogP contribution in [0.2, 0.25) is 0 Å². The fourth-order valence-corrected chi connectivity index (χ4v) is 6.19. The highest BCUT2D eigenvalue weighted by molar-refractivity contribution is 6.37. The van der Waals surface area contributed by atoms with Gasteiger partial charge in [-0.05, 0) is 63.2 Å². The maximum atomic E-state index is 14.0. The molecule has 2 aliphatic carbocycles. The minimum absolute atomic E-state index is 0.00605. The van der Waals surface area contributed by atoms with E-state index in [1.807, 2.05) is 13.8 Å². The molecule has 3 aliphatic rings. The molecule has 12 heteroatoms. The van der Waals surface area contributed by atoms with Crippen LogP contribution in [-0.4, -0.2) is 70.7 Å². The van der Waals surface area contributed by atoms with Crippen LogP contribution in [0.15, 0.2) is 0 Å². The predicted molar refractivity (Wildman–Crippen MR) is 137 cm³/mol. The average molecular weight is 557 g/mol. The molecule has 10 nitrogen and oxygen atoms in total. The zero-order valence-corrected chi connectivity index (χ0v) is 23.6. The maximum absolute atomic E-state index is 14.0. The van der Waals surface area contributed by atoms with Crippen LogP contribution < -0.4 is 16.4 Å². The second-order valence-electron chi connectivity index (χ2n) is 12.8. The third-order valence-electron chi connectivity index (χ3n) is 8.38. The summed E-state index contributed by atoms with van der Waals surface area (Å²) in [5, 5.41) is 5.23. The summed E-state index contributed by atoms with van der Waals surface area (Å²) in [6.07, 6.45) is -0.921. The van der Waals surface area contributed by atoms with E-state index in [-0.39, 0.29) is 43.1 Å². The number of piperidine rings is 1. The first-order valence-electron chi connectivity index (χ1n) is 13.7. The number of nitrogens with two attached hydrogens (primary N) is 1. The van der Waals surface area contributed by atoms with E-state index in [0.717, 1.165) is 0 Å². The van der Waals surface area contributed by atoms with Gasteiger partial charge in [-0.3, -0.25) is 19.2 Å². The Bertz CT molecular complexity index is 1000. The Labute approximate surface area is 228 Å². The standard InChI is InChI=1S/C27H42F2N4O6/c1-7-8-16(20(34)21(30)35)31-22(36)19-17-15(26(17,5)6)13-33(19)23(37)18(32-24(38)39-25(2,3)4)14-9-11-27(28,29)12-10-14/h14-19H,7-13H2,1-6H3,(H2,30,35)(H,31,36)(H,32,38)/t15?,16?,17?,18-,19-/m0/s1. The number of alkyl halides is 2. The molecule has 5 atom stereocenters. The van der Waals surface area contributed by atoms with Crippen molar-refractivity contribution in [3.05, 3.63) is 0 Å². The molecule has 4 amide bonds. The van der Waals surface area contributed by atoms with Gasteiger partial charge in [-0.15, -0.1) is 0 Å². The highest BCUT2D eigenvalue weighted by Crippen LogP contribution is 2.65. The van der Waals surface area contributed by atoms with Crippen molar-refractivity contribution in [2.75, 3.05) is 6.54 Å². The number of rotatable bonds is 9. The molecule has 1 aliphatic heterocycles. The van der Waals surface area contributed by atoms with Crippen molar-refractivity contribution in [2.24, 2.45) is 28.9 Å². The molecule has 1 heterocycles. The number of nitrogens with zero attached hydrogens (tertiary/aromatic N) is 1. The van der Waals surface area contributed by atoms with Crippen molar-refractivity contribution in [3.8, 4) is 0 Å². The van der Waals surface area contributed by atoms with Gasteiger partial charge in [0.2, 0.25) is 23.5 Å². The molecule has 4 N–H and O–H groups in total. The number of carbonyl (C=O) groups excluding carboxylic acids is 5. The van der Waals surface area contributed by atoms with Crippen LogP contribution in [0.3, 0.4) is 0 Å². The fraction of sp³-hybridized carbons (Fsp3) is 0.815. The predicted octanol–water partition coefficient (Wildman–Crippen LogP) is 2.53. The lowest BCUT2D eigenvalue weighted by Gasteiger charge is -2.38. The number of hydrogen-bond donors (Lipinski definition) is 3. The molecule has 3 fully saturated rings. The van der Waals surface area contributed by atoms with Gasteiger partial charge in [-0.1, -0.05) is 27.2 Å². The van der Waals surface area contributed by atoms with E-state index in [1.165, 1.54) is 4.90 Å². The molecule has 0 bridgehead atoms. The number of halogens is 2. The van der Waals surface area contributed by atoms with Crippen LogP contribution in [-0.2, 0) is 23.9 Å². The van der Waals surface area contributed by atoms with E-state index in [9.17, 15) is 32.8 Å². The number of primary amides is 1. The Hall–Kier alpha value is -2.79. The third kappa shape index (κ3) is 6.87. The molecule has 3 rings (SSSR count). The van der Waals surface area contributed by atoms with Gasteiger partial charge in [-0.25, -0.2) is 13.6 Å². The lowest BCUT2D eigenvalue weighted by Crippen LogP contribution is -2.60. The summed E-state index contributed by atoms with van der Waals surface area (Å²) in [4.78, 5) is 65.5. The van der Waals surface area contributed by atoms with Gasteiger partial charge >= 0.3 is 6.09 Å². The van der Waals surface area contributed by atoms with E-state index in [4.69, 9.17) is 10.5 Å². The van der Waals surface area contributed by atoms with Gasteiger partial charge in [0.25, 0.3) is 5.91 Å². The first-order chi connectivity index (χ1) is 17.9. The Morgan fingerprint density at radius 3 is 2.18 bits per heavy atom. The average Bonchev–Trinajstić information content (AvgIpc) is 3.14. The van der Waals surface area contributed by atoms with E-state index in [1.54, 1.807) is 27.7 Å². The SMILES string of the molecule is CCCC(NC(=O)[C@@H]1C2C(CN1C(=O)[C@@H](NC(=O)OC(C)(C)C)C1CCC(F)(F)CC1)C2(C)C)C(=O)C(N)=O. The number of nitrogens with one attached hydrogen (secondary N) is 2. The van der Waals surface area contributed by atoms with Gasteiger partial charge < -0.3 is 26.0 Å². The molecule has 1 saturated heterocycles. The van der Waals surface area contributed by atoms with Crippen molar-refractivity contribution in [2.45, 2.75) is 110 Å². The number of amides is 4. The van der Waals surface area contributed by atoms with Crippen LogP contribution in [0.1, 0.15) is 80.1 Å². The number of ketones is 1. The summed E-state index contributed by atoms with van der Waals surface area (Å²) in [6, 6.07) is -3.23. The minimum Gasteiger partial charge on any atom is -0.444 e. The molecule has 0 radical (unpaired) electrons. The Balaban J connectivity index is 1.87. The van der Waals surface area contributed by atoms with Crippen molar-refractivity contribution in [1.82, 2.24) is 15.5 Å². The van der Waals surface area contributed by atoms with E-state index < -0.39 is 78.0 Å². The highest BCUT2D eigenvalue weighted by atomic mass is 19.3. The van der Waals surface area contributed by atoms with Crippen molar-refractivity contribution < 1.29 is 37.5 Å². The first-order valence-corrected chi connectivity index (χ1v) is 13.7. The van der Waals surface area contributed by atoms with Crippen LogP contribution in [0.4, 0.5) is 13.6 Å². The van der Waals surface area contributed by atoms with Gasteiger partial charge in [0.05, 0.1) is 6.04 Å². The molecule has 0 spiro atoms. The van der Waals surface area contributed by atoms with Gasteiger partial charge in [0, 0.05) is 19.4 Å². The van der Waals surface area contributed by atoms with Crippen molar-refractivity contribution in [1.29, 1.82) is 0 Å². The van der Waals surface area contributed by atoms with Gasteiger partial charge in [0.1, 0.15) is 17.7 Å². The van der Waals surface area contributed by atoms with Crippen LogP contribution in [0.5, 0.6) is 0 Å². The molecule has 0 aromatic carbocycles. The number of fused-ring (bicyclic) bond motifs is 1. The molecular formula is C27H42F2N4O6. The maximum Gasteiger partial charge on any atom is 0.408 e. The smallest absolute Gasteiger partial charge is 0.408 e. The second-order valence-corrected chi connectivity index (χ2v) is 12.8. The summed E-state index contributed by atoms with van der Waals surface area (Å²) in [5.41, 5.74) is 4.08. The zero-order chi connectivity index (χ0) is 29.5. The lowest BCUT2D eigenvalue weighted by atomic mass is 9.81. The summed E-state index contributed by atoms with van der Waals surface area (Å²) in [7, 11) is 0. The summed E-state index contributed by atoms with van der Waals surface area (Å²) in [6.45, 7) is 11.0. The number of likely N-dealkylation sites (tertiary alicyclic amines) is 1. The molecule has 39 heavy (non-hydrogen) atoms. The van der Waals surface area contributed by atoms with Crippen LogP contribution >= 0.6 is 0 Å². The largest absolute Gasteiger partial charge is 0.444 e. The monoisotopic (exact) mass is 556 g/mol. The van der Waals surface area contributed by atoms with Crippen molar-refractivity contribution >= 4 is 29.6 Å². The van der Waals surface area contributed by atoms with Crippen LogP contribution in [0.25, 0.3) is 0 Å². The molecule has 220 valence electrons.